The van der Waals surface area contributed by atoms with Crippen molar-refractivity contribution in [1.82, 2.24) is 25.0 Å². The van der Waals surface area contributed by atoms with Crippen LogP contribution in [0.1, 0.15) is 17.3 Å². The molecule has 1 fully saturated rings. The van der Waals surface area contributed by atoms with Gasteiger partial charge in [0.2, 0.25) is 5.91 Å². The van der Waals surface area contributed by atoms with E-state index in [1.54, 1.807) is 36.0 Å². The Morgan fingerprint density at radius 3 is 2.81 bits per heavy atom. The fraction of sp³-hybridized carbons (Fsp3) is 0.294. The Bertz CT molecular complexity index is 1010. The number of hydrogen-bond acceptors (Lipinski definition) is 7. The minimum atomic E-state index is -0.155. The fourth-order valence-corrected chi connectivity index (χ4v) is 2.95. The number of anilines is 2. The molecule has 9 nitrogen and oxygen atoms in total. The molecule has 4 rings (SSSR count). The molecule has 0 saturated carbocycles. The highest BCUT2D eigenvalue weighted by molar-refractivity contribution is 5.98. The Morgan fingerprint density at radius 1 is 1.23 bits per heavy atom. The summed E-state index contributed by atoms with van der Waals surface area (Å²) in [7, 11) is 1.77. The third-order valence-electron chi connectivity index (χ3n) is 4.46. The number of amides is 1. The van der Waals surface area contributed by atoms with Crippen LogP contribution >= 0.6 is 0 Å². The van der Waals surface area contributed by atoms with Crippen molar-refractivity contribution in [3.63, 3.8) is 0 Å². The summed E-state index contributed by atoms with van der Waals surface area (Å²) >= 11 is 0. The lowest BCUT2D eigenvalue weighted by Crippen LogP contribution is -2.52. The first kappa shape index (κ1) is 16.1. The van der Waals surface area contributed by atoms with Gasteiger partial charge in [0.05, 0.1) is 5.92 Å². The highest BCUT2D eigenvalue weighted by Crippen LogP contribution is 2.28. The number of benzene rings is 1. The second-order valence-electron chi connectivity index (χ2n) is 6.31. The highest BCUT2D eigenvalue weighted by Gasteiger charge is 2.35. The van der Waals surface area contributed by atoms with Gasteiger partial charge in [-0.25, -0.2) is 14.6 Å². The first-order valence-corrected chi connectivity index (χ1v) is 8.20. The van der Waals surface area contributed by atoms with Crippen LogP contribution in [0.25, 0.3) is 11.2 Å². The monoisotopic (exact) mass is 351 g/mol. The molecule has 0 atom stereocenters. The van der Waals surface area contributed by atoms with Gasteiger partial charge >= 0.3 is 0 Å². The van der Waals surface area contributed by atoms with Crippen molar-refractivity contribution in [2.24, 2.45) is 13.0 Å². The molecule has 1 N–H and O–H groups in total. The van der Waals surface area contributed by atoms with Crippen LogP contribution in [0.3, 0.4) is 0 Å². The van der Waals surface area contributed by atoms with Crippen molar-refractivity contribution >= 4 is 34.4 Å². The van der Waals surface area contributed by atoms with Gasteiger partial charge in [-0.2, -0.15) is 0 Å². The Balaban J connectivity index is 1.43. The zero-order chi connectivity index (χ0) is 18.3. The third-order valence-corrected chi connectivity index (χ3v) is 4.46. The molecule has 0 bridgehead atoms. The molecule has 132 valence electrons. The van der Waals surface area contributed by atoms with Gasteiger partial charge in [-0.15, -0.1) is 5.10 Å². The molecule has 0 aliphatic carbocycles. The van der Waals surface area contributed by atoms with Crippen molar-refractivity contribution in [2.45, 2.75) is 6.92 Å². The number of fused-ring (bicyclic) bond motifs is 1. The van der Waals surface area contributed by atoms with E-state index in [2.05, 4.69) is 25.6 Å². The van der Waals surface area contributed by atoms with Gasteiger partial charge in [0.1, 0.15) is 6.33 Å². The molecule has 3 aromatic rings. The van der Waals surface area contributed by atoms with Crippen LogP contribution in [0.4, 0.5) is 11.5 Å². The zero-order valence-electron chi connectivity index (χ0n) is 14.4. The zero-order valence-corrected chi connectivity index (χ0v) is 14.4. The Morgan fingerprint density at radius 2 is 2.04 bits per heavy atom. The van der Waals surface area contributed by atoms with E-state index in [9.17, 15) is 9.59 Å². The number of carbonyl (C=O) groups is 2. The molecule has 2 aromatic heterocycles. The summed E-state index contributed by atoms with van der Waals surface area (Å²) in [5, 5.41) is 10.9. The van der Waals surface area contributed by atoms with Gasteiger partial charge in [0, 0.05) is 31.4 Å². The standard InChI is InChI=1S/C17H17N7O2/c1-10(25)11-4-3-5-13(6-11)20-17(26)12-7-24(8-12)16-14-15(18-9-19-16)23(2)22-21-14/h3-6,9,12H,7-8H2,1-2H3,(H,20,26). The average Bonchev–Trinajstić information content (AvgIpc) is 2.96. The maximum Gasteiger partial charge on any atom is 0.231 e. The summed E-state index contributed by atoms with van der Waals surface area (Å²) in [4.78, 5) is 34.3. The summed E-state index contributed by atoms with van der Waals surface area (Å²) in [5.41, 5.74) is 2.48. The molecule has 3 heterocycles. The minimum absolute atomic E-state index is 0.0346. The van der Waals surface area contributed by atoms with Crippen LogP contribution in [0.2, 0.25) is 0 Å². The summed E-state index contributed by atoms with van der Waals surface area (Å²) in [6.07, 6.45) is 1.47. The van der Waals surface area contributed by atoms with Crippen LogP contribution in [-0.2, 0) is 11.8 Å². The van der Waals surface area contributed by atoms with E-state index in [0.29, 0.717) is 41.3 Å². The number of nitrogens with zero attached hydrogens (tertiary/aromatic N) is 6. The highest BCUT2D eigenvalue weighted by atomic mass is 16.2. The number of rotatable bonds is 4. The Hall–Kier alpha value is -3.36. The van der Waals surface area contributed by atoms with Crippen LogP contribution < -0.4 is 10.2 Å². The number of hydrogen-bond donors (Lipinski definition) is 1. The van der Waals surface area contributed by atoms with Gasteiger partial charge in [0.15, 0.2) is 22.8 Å². The van der Waals surface area contributed by atoms with Gasteiger partial charge in [-0.1, -0.05) is 17.3 Å². The molecule has 1 saturated heterocycles. The van der Waals surface area contributed by atoms with Crippen molar-refractivity contribution < 1.29 is 9.59 Å². The molecule has 26 heavy (non-hydrogen) atoms. The smallest absolute Gasteiger partial charge is 0.231 e. The molecule has 1 aromatic carbocycles. The van der Waals surface area contributed by atoms with E-state index in [0.717, 1.165) is 0 Å². The summed E-state index contributed by atoms with van der Waals surface area (Å²) in [6.45, 7) is 2.58. The topological polar surface area (TPSA) is 106 Å². The number of ketones is 1. The summed E-state index contributed by atoms with van der Waals surface area (Å²) < 4.78 is 1.59. The van der Waals surface area contributed by atoms with E-state index in [1.165, 1.54) is 13.3 Å². The normalized spacial score (nSPS) is 14.3. The van der Waals surface area contributed by atoms with Crippen LogP contribution in [-0.4, -0.2) is 49.7 Å². The summed E-state index contributed by atoms with van der Waals surface area (Å²) in [6, 6.07) is 6.94. The van der Waals surface area contributed by atoms with Crippen molar-refractivity contribution in [2.75, 3.05) is 23.3 Å². The Labute approximate surface area is 149 Å². The Kier molecular flexibility index (Phi) is 3.83. The molecule has 1 aliphatic heterocycles. The predicted molar refractivity (Wildman–Crippen MR) is 94.9 cm³/mol. The average molecular weight is 351 g/mol. The molecule has 0 spiro atoms. The molecular weight excluding hydrogens is 334 g/mol. The third kappa shape index (κ3) is 2.77. The van der Waals surface area contributed by atoms with E-state index in [1.807, 2.05) is 4.90 Å². The lowest BCUT2D eigenvalue weighted by atomic mass is 9.99. The van der Waals surface area contributed by atoms with E-state index in [4.69, 9.17) is 0 Å². The van der Waals surface area contributed by atoms with E-state index < -0.39 is 0 Å². The number of aromatic nitrogens is 5. The van der Waals surface area contributed by atoms with Gasteiger partial charge in [0.25, 0.3) is 0 Å². The molecule has 1 amide bonds. The molecule has 9 heteroatoms. The largest absolute Gasteiger partial charge is 0.353 e. The van der Waals surface area contributed by atoms with Crippen LogP contribution in [0.15, 0.2) is 30.6 Å². The second kappa shape index (κ2) is 6.17. The van der Waals surface area contributed by atoms with Crippen LogP contribution in [0, 0.1) is 5.92 Å². The minimum Gasteiger partial charge on any atom is -0.353 e. The number of Topliss-reactive ketones (excluding diaryl/α,β-unsaturated/α-hetero) is 1. The molecule has 0 radical (unpaired) electrons. The SMILES string of the molecule is CC(=O)c1cccc(NC(=O)C2CN(c3ncnc4c3nnn4C)C2)c1. The van der Waals surface area contributed by atoms with Crippen molar-refractivity contribution in [3.8, 4) is 0 Å². The molecule has 1 aliphatic rings. The summed E-state index contributed by atoms with van der Waals surface area (Å²) in [5.74, 6) is 0.419. The number of aryl methyl sites for hydroxylation is 1. The lowest BCUT2D eigenvalue weighted by Gasteiger charge is -2.38. The van der Waals surface area contributed by atoms with Crippen LogP contribution in [0.5, 0.6) is 0 Å². The van der Waals surface area contributed by atoms with Crippen molar-refractivity contribution in [3.05, 3.63) is 36.2 Å². The molecule has 0 unspecified atom stereocenters. The first-order chi connectivity index (χ1) is 12.5. The van der Waals surface area contributed by atoms with Crippen molar-refractivity contribution in [1.29, 1.82) is 0 Å². The fourth-order valence-electron chi connectivity index (χ4n) is 2.95. The second-order valence-corrected chi connectivity index (χ2v) is 6.31. The number of carbonyl (C=O) groups excluding carboxylic acids is 2. The molecular formula is C17H17N7O2. The maximum absolute atomic E-state index is 12.4. The number of nitrogens with one attached hydrogen (secondary N) is 1. The lowest BCUT2D eigenvalue weighted by molar-refractivity contribution is -0.120. The maximum atomic E-state index is 12.4. The van der Waals surface area contributed by atoms with Gasteiger partial charge in [-0.05, 0) is 19.1 Å². The predicted octanol–water partition coefficient (Wildman–Crippen LogP) is 1.04. The van der Waals surface area contributed by atoms with E-state index >= 15 is 0 Å². The van der Waals surface area contributed by atoms with Gasteiger partial charge < -0.3 is 10.2 Å². The van der Waals surface area contributed by atoms with E-state index in [-0.39, 0.29) is 17.6 Å². The quantitative estimate of drug-likeness (QED) is 0.700. The first-order valence-electron chi connectivity index (χ1n) is 8.20. The van der Waals surface area contributed by atoms with Gasteiger partial charge in [-0.3, -0.25) is 9.59 Å².